The summed E-state index contributed by atoms with van der Waals surface area (Å²) in [5.41, 5.74) is 8.32. The molecule has 0 spiro atoms. The summed E-state index contributed by atoms with van der Waals surface area (Å²) in [6.07, 6.45) is 0. The molecule has 0 aliphatic rings. The zero-order chi connectivity index (χ0) is 12.6. The van der Waals surface area contributed by atoms with Gasteiger partial charge in [0, 0.05) is 19.2 Å². The Morgan fingerprint density at radius 3 is 2.65 bits per heavy atom. The monoisotopic (exact) mass is 329 g/mol. The quantitative estimate of drug-likeness (QED) is 0.838. The fraction of sp³-hybridized carbons (Fsp3) is 0.231. The summed E-state index contributed by atoms with van der Waals surface area (Å²) >= 11 is 11.5. The molecule has 0 saturated carbocycles. The van der Waals surface area contributed by atoms with Gasteiger partial charge in [-0.2, -0.15) is 0 Å². The number of nitrogens with two attached hydrogens (primary N) is 1. The van der Waals surface area contributed by atoms with Crippen LogP contribution in [0, 0.1) is 13.8 Å². The van der Waals surface area contributed by atoms with E-state index < -0.39 is 0 Å². The van der Waals surface area contributed by atoms with E-state index in [1.165, 1.54) is 4.88 Å². The molecule has 0 radical (unpaired) electrons. The van der Waals surface area contributed by atoms with E-state index in [1.807, 2.05) is 25.1 Å². The van der Waals surface area contributed by atoms with Gasteiger partial charge in [0.15, 0.2) is 0 Å². The molecule has 1 unspecified atom stereocenters. The van der Waals surface area contributed by atoms with Crippen LogP contribution in [0.25, 0.3) is 0 Å². The summed E-state index contributed by atoms with van der Waals surface area (Å²) in [6.45, 7) is 4.07. The molecule has 0 saturated heterocycles. The Labute approximate surface area is 119 Å². The van der Waals surface area contributed by atoms with Crippen molar-refractivity contribution in [2.75, 3.05) is 0 Å². The lowest BCUT2D eigenvalue weighted by molar-refractivity contribution is 0.891. The molecule has 1 aromatic heterocycles. The van der Waals surface area contributed by atoms with Crippen LogP contribution in [0.2, 0.25) is 5.02 Å². The van der Waals surface area contributed by atoms with Gasteiger partial charge in [0.25, 0.3) is 0 Å². The first kappa shape index (κ1) is 13.1. The summed E-state index contributed by atoms with van der Waals surface area (Å²) in [6, 6.07) is 7.89. The van der Waals surface area contributed by atoms with Crippen LogP contribution in [-0.2, 0) is 0 Å². The Bertz CT molecular complexity index is 531. The van der Waals surface area contributed by atoms with Gasteiger partial charge in [0.1, 0.15) is 0 Å². The average molecular weight is 331 g/mol. The molecule has 1 heterocycles. The van der Waals surface area contributed by atoms with Crippen molar-refractivity contribution in [2.24, 2.45) is 5.73 Å². The number of hydrogen-bond acceptors (Lipinski definition) is 2. The van der Waals surface area contributed by atoms with E-state index in [1.54, 1.807) is 11.3 Å². The molecule has 0 fully saturated rings. The van der Waals surface area contributed by atoms with Gasteiger partial charge in [-0.05, 0) is 47.0 Å². The van der Waals surface area contributed by atoms with Gasteiger partial charge in [-0.1, -0.05) is 29.8 Å². The van der Waals surface area contributed by atoms with Crippen LogP contribution < -0.4 is 5.73 Å². The summed E-state index contributed by atoms with van der Waals surface area (Å²) in [4.78, 5) is 2.36. The number of rotatable bonds is 2. The summed E-state index contributed by atoms with van der Waals surface area (Å²) in [7, 11) is 0. The van der Waals surface area contributed by atoms with E-state index in [0.29, 0.717) is 0 Å². The van der Waals surface area contributed by atoms with Crippen LogP contribution in [0.3, 0.4) is 0 Å². The Morgan fingerprint density at radius 1 is 1.35 bits per heavy atom. The highest BCUT2D eigenvalue weighted by molar-refractivity contribution is 9.10. The van der Waals surface area contributed by atoms with Crippen LogP contribution in [0.15, 0.2) is 28.7 Å². The van der Waals surface area contributed by atoms with Gasteiger partial charge < -0.3 is 5.73 Å². The fourth-order valence-corrected chi connectivity index (χ4v) is 3.52. The molecule has 2 N–H and O–H groups in total. The van der Waals surface area contributed by atoms with Crippen LogP contribution in [0.5, 0.6) is 0 Å². The molecule has 17 heavy (non-hydrogen) atoms. The van der Waals surface area contributed by atoms with Crippen molar-refractivity contribution in [3.05, 3.63) is 54.6 Å². The molecule has 0 aliphatic carbocycles. The third kappa shape index (κ3) is 2.58. The van der Waals surface area contributed by atoms with Gasteiger partial charge in [-0.15, -0.1) is 11.3 Å². The minimum Gasteiger partial charge on any atom is -0.320 e. The number of thiophene rings is 1. The normalized spacial score (nSPS) is 12.8. The van der Waals surface area contributed by atoms with Crippen molar-refractivity contribution in [1.29, 1.82) is 0 Å². The molecular weight excluding hydrogens is 318 g/mol. The summed E-state index contributed by atoms with van der Waals surface area (Å²) < 4.78 is 1.11. The smallest absolute Gasteiger partial charge is 0.0661 e. The molecule has 4 heteroatoms. The lowest BCUT2D eigenvalue weighted by atomic mass is 10.0. The van der Waals surface area contributed by atoms with E-state index in [-0.39, 0.29) is 6.04 Å². The molecule has 2 rings (SSSR count). The first-order chi connectivity index (χ1) is 8.00. The first-order valence-electron chi connectivity index (χ1n) is 5.27. The fourth-order valence-electron chi connectivity index (χ4n) is 1.70. The van der Waals surface area contributed by atoms with Crippen molar-refractivity contribution in [1.82, 2.24) is 0 Å². The standard InChI is InChI=1S/C13H13BrClNS/c1-7-4-3-5-9(12(7)15)13(16)11-6-10(14)8(2)17-11/h3-6,13H,16H2,1-2H3. The maximum absolute atomic E-state index is 6.30. The SMILES string of the molecule is Cc1cccc(C(N)c2cc(Br)c(C)s2)c1Cl. The van der Waals surface area contributed by atoms with E-state index in [2.05, 4.69) is 28.9 Å². The minimum atomic E-state index is -0.155. The van der Waals surface area contributed by atoms with Crippen molar-refractivity contribution < 1.29 is 0 Å². The second kappa shape index (κ2) is 5.11. The molecule has 90 valence electrons. The minimum absolute atomic E-state index is 0.155. The Morgan fingerprint density at radius 2 is 2.06 bits per heavy atom. The van der Waals surface area contributed by atoms with Crippen molar-refractivity contribution >= 4 is 38.9 Å². The lowest BCUT2D eigenvalue weighted by Crippen LogP contribution is -2.11. The Kier molecular flexibility index (Phi) is 3.93. The van der Waals surface area contributed by atoms with Crippen molar-refractivity contribution in [2.45, 2.75) is 19.9 Å². The zero-order valence-electron chi connectivity index (χ0n) is 9.63. The molecule has 0 aliphatic heterocycles. The molecule has 0 amide bonds. The lowest BCUT2D eigenvalue weighted by Gasteiger charge is -2.13. The maximum atomic E-state index is 6.30. The van der Waals surface area contributed by atoms with Crippen LogP contribution >= 0.6 is 38.9 Å². The number of halogens is 2. The molecule has 1 nitrogen and oxygen atoms in total. The maximum Gasteiger partial charge on any atom is 0.0661 e. The number of hydrogen-bond donors (Lipinski definition) is 1. The van der Waals surface area contributed by atoms with E-state index in [0.717, 1.165) is 25.5 Å². The van der Waals surface area contributed by atoms with Crippen LogP contribution in [-0.4, -0.2) is 0 Å². The topological polar surface area (TPSA) is 26.0 Å². The summed E-state index contributed by atoms with van der Waals surface area (Å²) in [5.74, 6) is 0. The van der Waals surface area contributed by atoms with Crippen LogP contribution in [0.4, 0.5) is 0 Å². The number of benzene rings is 1. The second-order valence-electron chi connectivity index (χ2n) is 4.01. The largest absolute Gasteiger partial charge is 0.320 e. The molecular formula is C13H13BrClNS. The van der Waals surface area contributed by atoms with Crippen molar-refractivity contribution in [3.8, 4) is 0 Å². The Hall–Kier alpha value is -0.350. The first-order valence-corrected chi connectivity index (χ1v) is 7.26. The Balaban J connectivity index is 2.43. The highest BCUT2D eigenvalue weighted by atomic mass is 79.9. The highest BCUT2D eigenvalue weighted by Gasteiger charge is 2.16. The highest BCUT2D eigenvalue weighted by Crippen LogP contribution is 2.35. The molecule has 0 bridgehead atoms. The van der Waals surface area contributed by atoms with Crippen LogP contribution in [0.1, 0.15) is 26.9 Å². The molecule has 1 aromatic carbocycles. The third-order valence-corrected chi connectivity index (χ3v) is 5.48. The predicted octanol–water partition coefficient (Wildman–Crippen LogP) is 4.83. The van der Waals surface area contributed by atoms with Gasteiger partial charge in [0.2, 0.25) is 0 Å². The number of aryl methyl sites for hydroxylation is 2. The zero-order valence-corrected chi connectivity index (χ0v) is 12.8. The predicted molar refractivity (Wildman–Crippen MR) is 79.0 cm³/mol. The van der Waals surface area contributed by atoms with Crippen molar-refractivity contribution in [3.63, 3.8) is 0 Å². The van der Waals surface area contributed by atoms with Gasteiger partial charge >= 0.3 is 0 Å². The van der Waals surface area contributed by atoms with E-state index in [9.17, 15) is 0 Å². The second-order valence-corrected chi connectivity index (χ2v) is 6.53. The van der Waals surface area contributed by atoms with Gasteiger partial charge in [-0.25, -0.2) is 0 Å². The molecule has 1 atom stereocenters. The third-order valence-electron chi connectivity index (χ3n) is 2.74. The molecule has 2 aromatic rings. The van der Waals surface area contributed by atoms with E-state index >= 15 is 0 Å². The van der Waals surface area contributed by atoms with Gasteiger partial charge in [0.05, 0.1) is 6.04 Å². The average Bonchev–Trinajstić information content (AvgIpc) is 2.62. The van der Waals surface area contributed by atoms with Gasteiger partial charge in [-0.3, -0.25) is 0 Å². The summed E-state index contributed by atoms with van der Waals surface area (Å²) in [5, 5.41) is 0.766. The van der Waals surface area contributed by atoms with E-state index in [4.69, 9.17) is 17.3 Å².